The second kappa shape index (κ2) is 9.11. The Morgan fingerprint density at radius 1 is 1.18 bits per heavy atom. The summed E-state index contributed by atoms with van der Waals surface area (Å²) >= 11 is 2.83. The number of halogens is 1. The highest BCUT2D eigenvalue weighted by molar-refractivity contribution is 7.99. The van der Waals surface area contributed by atoms with Gasteiger partial charge in [0.2, 0.25) is 5.91 Å². The van der Waals surface area contributed by atoms with Crippen LogP contribution in [0.2, 0.25) is 0 Å². The molecule has 168 valence electrons. The molecule has 2 aromatic heterocycles. The molecule has 0 fully saturated rings. The first-order valence-electron chi connectivity index (χ1n) is 10.8. The Balaban J connectivity index is 1.52. The van der Waals surface area contributed by atoms with Gasteiger partial charge in [-0.3, -0.25) is 14.2 Å². The fourth-order valence-electron chi connectivity index (χ4n) is 4.14. The van der Waals surface area contributed by atoms with Crippen LogP contribution < -0.4 is 10.9 Å². The summed E-state index contributed by atoms with van der Waals surface area (Å²) in [6.07, 6.45) is 4.12. The molecule has 33 heavy (non-hydrogen) atoms. The number of aromatic nitrogens is 2. The van der Waals surface area contributed by atoms with E-state index < -0.39 is 0 Å². The Bertz CT molecular complexity index is 1410. The molecule has 0 bridgehead atoms. The predicted molar refractivity (Wildman–Crippen MR) is 132 cm³/mol. The van der Waals surface area contributed by atoms with E-state index in [-0.39, 0.29) is 23.0 Å². The number of thiophene rings is 1. The van der Waals surface area contributed by atoms with E-state index in [2.05, 4.69) is 5.32 Å². The summed E-state index contributed by atoms with van der Waals surface area (Å²) in [5, 5.41) is 3.97. The van der Waals surface area contributed by atoms with E-state index in [0.717, 1.165) is 52.7 Å². The van der Waals surface area contributed by atoms with Crippen molar-refractivity contribution < 1.29 is 9.18 Å². The third-order valence-electron chi connectivity index (χ3n) is 5.68. The second-order valence-electron chi connectivity index (χ2n) is 8.11. The summed E-state index contributed by atoms with van der Waals surface area (Å²) in [5.41, 5.74) is 3.37. The van der Waals surface area contributed by atoms with Gasteiger partial charge in [0.1, 0.15) is 10.6 Å². The minimum Gasteiger partial charge on any atom is -0.325 e. The highest BCUT2D eigenvalue weighted by atomic mass is 32.2. The zero-order valence-corrected chi connectivity index (χ0v) is 19.7. The number of thioether (sulfide) groups is 1. The number of amides is 1. The van der Waals surface area contributed by atoms with Crippen molar-refractivity contribution in [1.82, 2.24) is 9.55 Å². The van der Waals surface area contributed by atoms with Crippen molar-refractivity contribution in [2.24, 2.45) is 0 Å². The Morgan fingerprint density at radius 2 is 1.97 bits per heavy atom. The van der Waals surface area contributed by atoms with E-state index in [9.17, 15) is 14.0 Å². The number of rotatable bonds is 5. The molecule has 5 rings (SSSR count). The molecular weight excluding hydrogens is 457 g/mol. The van der Waals surface area contributed by atoms with Crippen molar-refractivity contribution in [3.63, 3.8) is 0 Å². The highest BCUT2D eigenvalue weighted by Gasteiger charge is 2.23. The van der Waals surface area contributed by atoms with Gasteiger partial charge in [-0.25, -0.2) is 9.37 Å². The highest BCUT2D eigenvalue weighted by Crippen LogP contribution is 2.35. The van der Waals surface area contributed by atoms with Gasteiger partial charge in [-0.15, -0.1) is 11.3 Å². The minimum absolute atomic E-state index is 0.0756. The van der Waals surface area contributed by atoms with Crippen molar-refractivity contribution in [2.75, 3.05) is 11.1 Å². The number of benzene rings is 2. The molecule has 1 aliphatic carbocycles. The van der Waals surface area contributed by atoms with Crippen LogP contribution in [-0.4, -0.2) is 21.2 Å². The Morgan fingerprint density at radius 3 is 2.76 bits per heavy atom. The SMILES string of the molecule is Cc1cccc(-n2c(SCC(=O)Nc3ccc(F)cc3)nc3sc4c(c3c2=O)CCCC4)c1. The van der Waals surface area contributed by atoms with Gasteiger partial charge in [-0.2, -0.15) is 0 Å². The van der Waals surface area contributed by atoms with Gasteiger partial charge in [0.25, 0.3) is 5.56 Å². The summed E-state index contributed by atoms with van der Waals surface area (Å²) < 4.78 is 14.8. The van der Waals surface area contributed by atoms with Crippen LogP contribution in [0.5, 0.6) is 0 Å². The van der Waals surface area contributed by atoms with Gasteiger partial charge >= 0.3 is 0 Å². The first kappa shape index (κ1) is 21.9. The molecule has 0 saturated heterocycles. The standard InChI is InChI=1S/C25H22FN3O2S2/c1-15-5-4-6-18(13-15)29-24(31)22-19-7-2-3-8-20(19)33-23(22)28-25(29)32-14-21(30)27-17-11-9-16(26)10-12-17/h4-6,9-13H,2-3,7-8,14H2,1H3,(H,27,30). The lowest BCUT2D eigenvalue weighted by atomic mass is 9.97. The monoisotopic (exact) mass is 479 g/mol. The Labute approximate surface area is 198 Å². The van der Waals surface area contributed by atoms with E-state index >= 15 is 0 Å². The molecule has 8 heteroatoms. The lowest BCUT2D eigenvalue weighted by molar-refractivity contribution is -0.113. The third-order valence-corrected chi connectivity index (χ3v) is 7.80. The van der Waals surface area contributed by atoms with Gasteiger partial charge < -0.3 is 5.32 Å². The van der Waals surface area contributed by atoms with Gasteiger partial charge in [-0.1, -0.05) is 23.9 Å². The van der Waals surface area contributed by atoms with Crippen LogP contribution in [-0.2, 0) is 17.6 Å². The number of aryl methyl sites for hydroxylation is 3. The van der Waals surface area contributed by atoms with Crippen LogP contribution in [0, 0.1) is 12.7 Å². The fourth-order valence-corrected chi connectivity index (χ4v) is 6.25. The molecule has 5 nitrogen and oxygen atoms in total. The first-order chi connectivity index (χ1) is 16.0. The maximum atomic E-state index is 13.7. The molecule has 0 spiro atoms. The lowest BCUT2D eigenvalue weighted by Gasteiger charge is -2.14. The van der Waals surface area contributed by atoms with Gasteiger partial charge in [0, 0.05) is 10.6 Å². The summed E-state index contributed by atoms with van der Waals surface area (Å²) in [7, 11) is 0. The smallest absolute Gasteiger partial charge is 0.267 e. The molecule has 0 atom stereocenters. The normalized spacial score (nSPS) is 13.2. The van der Waals surface area contributed by atoms with Crippen molar-refractivity contribution in [2.45, 2.75) is 37.8 Å². The molecule has 0 radical (unpaired) electrons. The number of carbonyl (C=O) groups excluding carboxylic acids is 1. The molecule has 0 saturated carbocycles. The van der Waals surface area contributed by atoms with Crippen LogP contribution in [0.3, 0.4) is 0 Å². The fraction of sp³-hybridized carbons (Fsp3) is 0.240. The second-order valence-corrected chi connectivity index (χ2v) is 10.1. The number of hydrogen-bond donors (Lipinski definition) is 1. The number of hydrogen-bond acceptors (Lipinski definition) is 5. The third kappa shape index (κ3) is 4.45. The van der Waals surface area contributed by atoms with Gasteiger partial charge in [-0.05, 0) is 80.1 Å². The van der Waals surface area contributed by atoms with E-state index in [1.165, 1.54) is 40.9 Å². The zero-order valence-electron chi connectivity index (χ0n) is 18.1. The summed E-state index contributed by atoms with van der Waals surface area (Å²) in [5.74, 6) is -0.533. The molecule has 2 heterocycles. The lowest BCUT2D eigenvalue weighted by Crippen LogP contribution is -2.23. The largest absolute Gasteiger partial charge is 0.325 e. The van der Waals surface area contributed by atoms with E-state index in [1.54, 1.807) is 15.9 Å². The van der Waals surface area contributed by atoms with Crippen molar-refractivity contribution in [3.8, 4) is 5.69 Å². The average Bonchev–Trinajstić information content (AvgIpc) is 3.18. The molecule has 4 aromatic rings. The average molecular weight is 480 g/mol. The van der Waals surface area contributed by atoms with Crippen molar-refractivity contribution in [1.29, 1.82) is 0 Å². The number of fused-ring (bicyclic) bond motifs is 3. The van der Waals surface area contributed by atoms with Crippen LogP contribution in [0.25, 0.3) is 15.9 Å². The number of anilines is 1. The first-order valence-corrected chi connectivity index (χ1v) is 12.6. The summed E-state index contributed by atoms with van der Waals surface area (Å²) in [6, 6.07) is 13.4. The van der Waals surface area contributed by atoms with Gasteiger partial charge in [0.15, 0.2) is 5.16 Å². The van der Waals surface area contributed by atoms with E-state index in [1.807, 2.05) is 31.2 Å². The Hall–Kier alpha value is -2.97. The van der Waals surface area contributed by atoms with Crippen molar-refractivity contribution >= 4 is 44.9 Å². The van der Waals surface area contributed by atoms with Crippen LogP contribution in [0.4, 0.5) is 10.1 Å². The van der Waals surface area contributed by atoms with E-state index in [4.69, 9.17) is 4.98 Å². The van der Waals surface area contributed by atoms with E-state index in [0.29, 0.717) is 10.8 Å². The van der Waals surface area contributed by atoms with Gasteiger partial charge in [0.05, 0.1) is 16.8 Å². The predicted octanol–water partition coefficient (Wildman–Crippen LogP) is 5.50. The number of nitrogens with one attached hydrogen (secondary N) is 1. The molecule has 0 aliphatic heterocycles. The summed E-state index contributed by atoms with van der Waals surface area (Å²) in [6.45, 7) is 1.98. The van der Waals surface area contributed by atoms with Crippen molar-refractivity contribution in [3.05, 3.63) is 80.7 Å². The molecule has 1 aliphatic rings. The van der Waals surface area contributed by atoms with Crippen LogP contribution in [0.1, 0.15) is 28.8 Å². The zero-order chi connectivity index (χ0) is 22.9. The molecular formula is C25H22FN3O2S2. The summed E-state index contributed by atoms with van der Waals surface area (Å²) in [4.78, 5) is 33.1. The maximum Gasteiger partial charge on any atom is 0.267 e. The topological polar surface area (TPSA) is 64.0 Å². The number of carbonyl (C=O) groups is 1. The molecule has 2 aromatic carbocycles. The Kier molecular flexibility index (Phi) is 6.03. The minimum atomic E-state index is -0.360. The van der Waals surface area contributed by atoms with Crippen LogP contribution >= 0.6 is 23.1 Å². The number of nitrogens with zero attached hydrogens (tertiary/aromatic N) is 2. The molecule has 1 N–H and O–H groups in total. The molecule has 0 unspecified atom stereocenters. The maximum absolute atomic E-state index is 13.7. The molecule has 1 amide bonds. The van der Waals surface area contributed by atoms with Crippen LogP contribution in [0.15, 0.2) is 58.5 Å². The quantitative estimate of drug-likeness (QED) is 0.303.